The van der Waals surface area contributed by atoms with Gasteiger partial charge in [0, 0.05) is 61.0 Å². The summed E-state index contributed by atoms with van der Waals surface area (Å²) in [7, 11) is 4.97. The van der Waals surface area contributed by atoms with E-state index in [9.17, 15) is 20.4 Å². The van der Waals surface area contributed by atoms with Gasteiger partial charge in [-0.3, -0.25) is 0 Å². The van der Waals surface area contributed by atoms with Crippen LogP contribution >= 0.6 is 0 Å². The third-order valence-electron chi connectivity index (χ3n) is 15.3. The minimum absolute atomic E-state index is 0.255. The van der Waals surface area contributed by atoms with Crippen molar-refractivity contribution in [2.45, 2.75) is 148 Å². The van der Waals surface area contributed by atoms with Crippen LogP contribution < -0.4 is 0 Å². The molecular formula is C53H70O8. The number of phenols is 4. The lowest BCUT2D eigenvalue weighted by Crippen LogP contribution is -2.39. The molecule has 0 saturated heterocycles. The maximum absolute atomic E-state index is 11.5. The van der Waals surface area contributed by atoms with E-state index in [1.54, 1.807) is 21.3 Å². The first-order valence-corrected chi connectivity index (χ1v) is 22.6. The van der Waals surface area contributed by atoms with Crippen molar-refractivity contribution in [1.29, 1.82) is 0 Å². The third kappa shape index (κ3) is 8.93. The molecule has 61 heavy (non-hydrogen) atoms. The van der Waals surface area contributed by atoms with Crippen LogP contribution in [0.4, 0.5) is 0 Å². The van der Waals surface area contributed by atoms with Crippen LogP contribution in [0.1, 0.15) is 150 Å². The highest BCUT2D eigenvalue weighted by Crippen LogP contribution is 2.57. The van der Waals surface area contributed by atoms with Crippen molar-refractivity contribution in [3.05, 3.63) is 115 Å². The number of methoxy groups -OCH3 is 3. The van der Waals surface area contributed by atoms with Crippen LogP contribution in [0.25, 0.3) is 0 Å². The van der Waals surface area contributed by atoms with E-state index in [0.717, 1.165) is 94.2 Å². The summed E-state index contributed by atoms with van der Waals surface area (Å²) < 4.78 is 23.1. The molecule has 0 atom stereocenters. The lowest BCUT2D eigenvalue weighted by atomic mass is 9.55. The van der Waals surface area contributed by atoms with Gasteiger partial charge in [-0.25, -0.2) is 0 Å². The largest absolute Gasteiger partial charge is 0.507 e. The standard InChI is InChI=1S/C53H70O8/c1-34-21-43(25-39(30-58-5)47(34)54)52(44-22-35(2)48(55)40(26-44)31-59-6)15-11-38(12-16-52)29-61-33-42-28-46(24-37(4)50(42)57)53(19-17-51(18-20-53)13-9-8-10-14-51)45-23-36(3)49(56)41(27-45)32-60-7/h21-28,38,54-57H,8-20,29-33H2,1-7H3. The highest BCUT2D eigenvalue weighted by atomic mass is 16.5. The molecule has 330 valence electrons. The molecule has 0 amide bonds. The van der Waals surface area contributed by atoms with Gasteiger partial charge in [0.1, 0.15) is 23.0 Å². The molecule has 4 aromatic carbocycles. The topological polar surface area (TPSA) is 118 Å². The predicted molar refractivity (Wildman–Crippen MR) is 241 cm³/mol. The van der Waals surface area contributed by atoms with Crippen LogP contribution in [0, 0.1) is 39.0 Å². The summed E-state index contributed by atoms with van der Waals surface area (Å²) in [6.45, 7) is 9.77. The highest BCUT2D eigenvalue weighted by molar-refractivity contribution is 5.55. The van der Waals surface area contributed by atoms with Crippen LogP contribution in [0.15, 0.2) is 48.5 Å². The summed E-state index contributed by atoms with van der Waals surface area (Å²) in [6, 6.07) is 17.2. The zero-order valence-electron chi connectivity index (χ0n) is 37.8. The van der Waals surface area contributed by atoms with Crippen molar-refractivity contribution in [1.82, 2.24) is 0 Å². The zero-order chi connectivity index (χ0) is 43.5. The van der Waals surface area contributed by atoms with Crippen LogP contribution in [0.2, 0.25) is 0 Å². The first kappa shape index (κ1) is 45.0. The Morgan fingerprint density at radius 2 is 0.787 bits per heavy atom. The summed E-state index contributed by atoms with van der Waals surface area (Å²) in [4.78, 5) is 0. The van der Waals surface area contributed by atoms with E-state index in [1.165, 1.54) is 56.1 Å². The van der Waals surface area contributed by atoms with Gasteiger partial charge in [0.2, 0.25) is 0 Å². The number of aryl methyl sites for hydroxylation is 4. The summed E-state index contributed by atoms with van der Waals surface area (Å²) in [5, 5.41) is 44.5. The van der Waals surface area contributed by atoms with Crippen molar-refractivity contribution in [3.8, 4) is 23.0 Å². The fourth-order valence-corrected chi connectivity index (χ4v) is 11.6. The van der Waals surface area contributed by atoms with Gasteiger partial charge in [-0.1, -0.05) is 43.5 Å². The Bertz CT molecular complexity index is 2100. The molecule has 0 aliphatic heterocycles. The quantitative estimate of drug-likeness (QED) is 0.0992. The summed E-state index contributed by atoms with van der Waals surface area (Å²) in [5.41, 5.74) is 11.1. The van der Waals surface area contributed by atoms with Gasteiger partial charge in [0.05, 0.1) is 26.4 Å². The molecule has 0 heterocycles. The number of hydrogen-bond donors (Lipinski definition) is 4. The van der Waals surface area contributed by atoms with Crippen LogP contribution in [-0.2, 0) is 56.2 Å². The molecule has 8 heteroatoms. The highest BCUT2D eigenvalue weighted by Gasteiger charge is 2.46. The normalized spacial score (nSPS) is 20.3. The van der Waals surface area contributed by atoms with Crippen molar-refractivity contribution >= 4 is 0 Å². The average Bonchev–Trinajstić information content (AvgIpc) is 3.25. The molecule has 3 fully saturated rings. The molecule has 0 aromatic heterocycles. The van der Waals surface area contributed by atoms with Crippen LogP contribution in [0.5, 0.6) is 23.0 Å². The van der Waals surface area contributed by atoms with Crippen molar-refractivity contribution in [2.75, 3.05) is 27.9 Å². The van der Waals surface area contributed by atoms with Gasteiger partial charge in [-0.2, -0.15) is 0 Å². The zero-order valence-corrected chi connectivity index (χ0v) is 37.8. The third-order valence-corrected chi connectivity index (χ3v) is 15.3. The van der Waals surface area contributed by atoms with Gasteiger partial charge in [-0.05, 0) is 172 Å². The minimum atomic E-state index is -0.345. The van der Waals surface area contributed by atoms with Crippen LogP contribution in [0.3, 0.4) is 0 Å². The van der Waals surface area contributed by atoms with Gasteiger partial charge in [0.25, 0.3) is 0 Å². The molecule has 1 spiro atoms. The van der Waals surface area contributed by atoms with Crippen LogP contribution in [-0.4, -0.2) is 48.4 Å². The number of benzene rings is 4. The molecular weight excluding hydrogens is 765 g/mol. The van der Waals surface area contributed by atoms with E-state index in [1.807, 2.05) is 27.7 Å². The average molecular weight is 835 g/mol. The van der Waals surface area contributed by atoms with E-state index >= 15 is 0 Å². The molecule has 7 rings (SSSR count). The summed E-state index contributed by atoms with van der Waals surface area (Å²) in [6.07, 6.45) is 14.6. The second-order valence-corrected chi connectivity index (χ2v) is 19.2. The fraction of sp³-hybridized carbons (Fsp3) is 0.547. The Labute approximate surface area is 364 Å². The van der Waals surface area contributed by atoms with Gasteiger partial charge in [0.15, 0.2) is 0 Å². The van der Waals surface area contributed by atoms with E-state index in [0.29, 0.717) is 55.9 Å². The maximum atomic E-state index is 11.5. The van der Waals surface area contributed by atoms with E-state index in [4.69, 9.17) is 18.9 Å². The number of phenolic OH excluding ortho intramolecular Hbond substituents is 4. The molecule has 0 bridgehead atoms. The van der Waals surface area contributed by atoms with Crippen molar-refractivity contribution in [2.24, 2.45) is 11.3 Å². The van der Waals surface area contributed by atoms with Crippen molar-refractivity contribution < 1.29 is 39.4 Å². The first-order chi connectivity index (χ1) is 29.3. The van der Waals surface area contributed by atoms with Gasteiger partial charge >= 0.3 is 0 Å². The molecule has 3 aliphatic rings. The SMILES string of the molecule is COCc1cc(C2(c3cc(C)c(O)c(COC)c3)CCC(COCc3cc(C4(c5cc(C)c(O)c(COC)c5)CCC5(CCCCC5)CC4)cc(C)c3O)CC2)cc(C)c1O. The molecule has 3 saturated carbocycles. The molecule has 4 N–H and O–H groups in total. The Balaban J connectivity index is 1.14. The molecule has 8 nitrogen and oxygen atoms in total. The van der Waals surface area contributed by atoms with E-state index < -0.39 is 0 Å². The number of aromatic hydroxyl groups is 4. The van der Waals surface area contributed by atoms with Gasteiger partial charge < -0.3 is 39.4 Å². The monoisotopic (exact) mass is 835 g/mol. The summed E-state index contributed by atoms with van der Waals surface area (Å²) >= 11 is 0. The molecule has 0 radical (unpaired) electrons. The van der Waals surface area contributed by atoms with E-state index in [-0.39, 0.29) is 22.3 Å². The Kier molecular flexibility index (Phi) is 13.8. The minimum Gasteiger partial charge on any atom is -0.507 e. The second kappa shape index (κ2) is 18.7. The van der Waals surface area contributed by atoms with Crippen molar-refractivity contribution in [3.63, 3.8) is 0 Å². The number of rotatable bonds is 14. The Morgan fingerprint density at radius 3 is 1.15 bits per heavy atom. The van der Waals surface area contributed by atoms with Gasteiger partial charge in [-0.15, -0.1) is 0 Å². The predicted octanol–water partition coefficient (Wildman–Crippen LogP) is 11.7. The molecule has 3 aliphatic carbocycles. The second-order valence-electron chi connectivity index (χ2n) is 19.2. The Morgan fingerprint density at radius 1 is 0.443 bits per heavy atom. The molecule has 4 aromatic rings. The lowest BCUT2D eigenvalue weighted by Gasteiger charge is -2.49. The fourth-order valence-electron chi connectivity index (χ4n) is 11.6. The number of hydrogen-bond acceptors (Lipinski definition) is 8. The smallest absolute Gasteiger partial charge is 0.124 e. The lowest BCUT2D eigenvalue weighted by molar-refractivity contribution is 0.0648. The maximum Gasteiger partial charge on any atom is 0.124 e. The summed E-state index contributed by atoms with van der Waals surface area (Å²) in [5.74, 6) is 1.46. The Hall–Kier alpha value is -4.08. The first-order valence-electron chi connectivity index (χ1n) is 22.6. The molecule has 0 unspecified atom stereocenters. The van der Waals surface area contributed by atoms with E-state index in [2.05, 4.69) is 48.5 Å². The number of ether oxygens (including phenoxy) is 4.